The van der Waals surface area contributed by atoms with Crippen LogP contribution in [0.4, 0.5) is 0 Å². The molecule has 0 aromatic rings. The van der Waals surface area contributed by atoms with Crippen LogP contribution in [0.3, 0.4) is 0 Å². The molecule has 1 radical (unpaired) electrons. The Hall–Kier alpha value is 0.0200. The summed E-state index contributed by atoms with van der Waals surface area (Å²) in [5.74, 6) is -0.462. The van der Waals surface area contributed by atoms with Crippen molar-refractivity contribution in [3.63, 3.8) is 0 Å². The van der Waals surface area contributed by atoms with Crippen LogP contribution in [0.15, 0.2) is 0 Å². The predicted molar refractivity (Wildman–Crippen MR) is 59.6 cm³/mol. The molecule has 0 amide bonds. The Morgan fingerprint density at radius 1 is 0.933 bits per heavy atom. The first-order chi connectivity index (χ1) is 6.78. The summed E-state index contributed by atoms with van der Waals surface area (Å²) in [6.45, 7) is 9.56. The molecule has 0 atom stereocenters. The van der Waals surface area contributed by atoms with Crippen molar-refractivity contribution in [3.8, 4) is 0 Å². The number of ether oxygens (including phenoxy) is 2. The zero-order valence-corrected chi connectivity index (χ0v) is 10.9. The molecule has 0 saturated carbocycles. The average molecular weight is 231 g/mol. The van der Waals surface area contributed by atoms with Crippen LogP contribution in [-0.4, -0.2) is 29.3 Å². The van der Waals surface area contributed by atoms with Gasteiger partial charge in [0.1, 0.15) is 0 Å². The Bertz CT molecular complexity index is 268. The van der Waals surface area contributed by atoms with E-state index in [2.05, 4.69) is 27.7 Å². The highest BCUT2D eigenvalue weighted by atomic mass is 31.1. The van der Waals surface area contributed by atoms with Gasteiger partial charge in [0.15, 0.2) is 5.79 Å². The van der Waals surface area contributed by atoms with Gasteiger partial charge in [0, 0.05) is 23.2 Å². The van der Waals surface area contributed by atoms with Gasteiger partial charge in [0.05, 0.1) is 21.0 Å². The third kappa shape index (κ3) is 1.86. The average Bonchev–Trinajstić information content (AvgIpc) is 2.47. The van der Waals surface area contributed by atoms with Gasteiger partial charge >= 0.3 is 0 Å². The second kappa shape index (κ2) is 3.26. The van der Waals surface area contributed by atoms with Crippen molar-refractivity contribution in [2.45, 2.75) is 56.6 Å². The van der Waals surface area contributed by atoms with E-state index < -0.39 is 13.6 Å². The third-order valence-corrected chi connectivity index (χ3v) is 5.83. The fourth-order valence-corrected chi connectivity index (χ4v) is 5.45. The fraction of sp³-hybridized carbons (Fsp3) is 1.00. The summed E-state index contributed by atoms with van der Waals surface area (Å²) in [4.78, 5) is 0. The van der Waals surface area contributed by atoms with E-state index in [1.807, 2.05) is 0 Å². The molecular formula is C11H20O3P. The van der Waals surface area contributed by atoms with Gasteiger partial charge in [-0.15, -0.1) is 0 Å². The molecule has 1 spiro atoms. The van der Waals surface area contributed by atoms with E-state index in [0.717, 1.165) is 12.8 Å². The molecule has 0 aliphatic carbocycles. The monoisotopic (exact) mass is 231 g/mol. The van der Waals surface area contributed by atoms with Crippen molar-refractivity contribution in [1.82, 2.24) is 0 Å². The van der Waals surface area contributed by atoms with E-state index in [1.54, 1.807) is 0 Å². The molecule has 0 aromatic heterocycles. The molecule has 2 fully saturated rings. The maximum Gasteiger partial charge on any atom is 0.170 e. The van der Waals surface area contributed by atoms with E-state index in [0.29, 0.717) is 13.2 Å². The Labute approximate surface area is 92.3 Å². The second-order valence-electron chi connectivity index (χ2n) is 5.88. The highest BCUT2D eigenvalue weighted by Crippen LogP contribution is 2.61. The lowest BCUT2D eigenvalue weighted by molar-refractivity contribution is -0.179. The summed E-state index contributed by atoms with van der Waals surface area (Å²) in [6.07, 6.45) is 1.50. The van der Waals surface area contributed by atoms with Crippen LogP contribution in [0.25, 0.3) is 0 Å². The molecule has 0 bridgehead atoms. The molecule has 15 heavy (non-hydrogen) atoms. The van der Waals surface area contributed by atoms with Crippen LogP contribution in [0.1, 0.15) is 40.5 Å². The highest BCUT2D eigenvalue weighted by Gasteiger charge is 2.55. The van der Waals surface area contributed by atoms with Crippen LogP contribution in [0, 0.1) is 0 Å². The Balaban J connectivity index is 2.31. The van der Waals surface area contributed by atoms with E-state index in [4.69, 9.17) is 9.47 Å². The summed E-state index contributed by atoms with van der Waals surface area (Å²) in [6, 6.07) is 0. The van der Waals surface area contributed by atoms with Gasteiger partial charge in [-0.2, -0.15) is 0 Å². The smallest absolute Gasteiger partial charge is 0.170 e. The molecule has 0 aromatic carbocycles. The van der Waals surface area contributed by atoms with Gasteiger partial charge in [-0.25, -0.2) is 0 Å². The van der Waals surface area contributed by atoms with E-state index in [9.17, 15) is 4.57 Å². The highest BCUT2D eigenvalue weighted by molar-refractivity contribution is 7.48. The minimum atomic E-state index is -1.23. The number of hydrogen-bond donors (Lipinski definition) is 0. The van der Waals surface area contributed by atoms with Crippen LogP contribution in [0.2, 0.25) is 0 Å². The van der Waals surface area contributed by atoms with Crippen molar-refractivity contribution in [3.05, 3.63) is 0 Å². The first kappa shape index (κ1) is 11.5. The van der Waals surface area contributed by atoms with E-state index in [1.165, 1.54) is 0 Å². The maximum absolute atomic E-state index is 12.3. The largest absolute Gasteiger partial charge is 0.347 e. The molecule has 4 heteroatoms. The molecule has 2 rings (SSSR count). The Kier molecular flexibility index (Phi) is 2.50. The minimum absolute atomic E-state index is 0.193. The van der Waals surface area contributed by atoms with Crippen LogP contribution < -0.4 is 0 Å². The molecule has 2 saturated heterocycles. The van der Waals surface area contributed by atoms with Gasteiger partial charge < -0.3 is 9.47 Å². The standard InChI is InChI=1S/C11H20O3P/c1-9(2)7-11(13-5-6-14-11)8-10(3,4)15(9)12/h5-8H2,1-4H3. The van der Waals surface area contributed by atoms with Crippen LogP contribution >= 0.6 is 7.80 Å². The van der Waals surface area contributed by atoms with Crippen LogP contribution in [0.5, 0.6) is 0 Å². The SMILES string of the molecule is CC1(C)CC2(CC(C)(C)[P]1=O)OCCO2. The maximum atomic E-state index is 12.3. The molecule has 2 aliphatic rings. The van der Waals surface area contributed by atoms with Crippen molar-refractivity contribution in [2.24, 2.45) is 0 Å². The zero-order valence-electron chi connectivity index (χ0n) is 10.0. The first-order valence-corrected chi connectivity index (χ1v) is 6.79. The molecule has 2 heterocycles. The predicted octanol–water partition coefficient (Wildman–Crippen LogP) is 2.91. The molecule has 2 aliphatic heterocycles. The lowest BCUT2D eigenvalue weighted by atomic mass is 9.92. The molecule has 87 valence electrons. The molecule has 0 unspecified atom stereocenters. The van der Waals surface area contributed by atoms with Gasteiger partial charge in [0.25, 0.3) is 0 Å². The van der Waals surface area contributed by atoms with E-state index in [-0.39, 0.29) is 10.3 Å². The minimum Gasteiger partial charge on any atom is -0.347 e. The summed E-state index contributed by atoms with van der Waals surface area (Å²) >= 11 is 0. The Morgan fingerprint density at radius 2 is 1.33 bits per heavy atom. The summed E-state index contributed by atoms with van der Waals surface area (Å²) < 4.78 is 23.8. The van der Waals surface area contributed by atoms with Gasteiger partial charge in [-0.05, 0) is 27.7 Å². The van der Waals surface area contributed by atoms with Gasteiger partial charge in [-0.1, -0.05) is 0 Å². The van der Waals surface area contributed by atoms with Gasteiger partial charge in [-0.3, -0.25) is 4.57 Å². The lowest BCUT2D eigenvalue weighted by Gasteiger charge is -2.47. The van der Waals surface area contributed by atoms with Gasteiger partial charge in [0.2, 0.25) is 0 Å². The molecular weight excluding hydrogens is 211 g/mol. The normalized spacial score (nSPS) is 32.1. The third-order valence-electron chi connectivity index (χ3n) is 3.32. The lowest BCUT2D eigenvalue weighted by Crippen LogP contribution is -2.48. The summed E-state index contributed by atoms with van der Waals surface area (Å²) in [5, 5.41) is -0.386. The molecule has 3 nitrogen and oxygen atoms in total. The topological polar surface area (TPSA) is 35.5 Å². The fourth-order valence-electron chi connectivity index (χ4n) is 3.04. The Morgan fingerprint density at radius 3 is 1.73 bits per heavy atom. The van der Waals surface area contributed by atoms with Crippen LogP contribution in [-0.2, 0) is 14.0 Å². The zero-order chi connectivity index (χ0) is 11.3. The van der Waals surface area contributed by atoms with Crippen molar-refractivity contribution < 1.29 is 14.0 Å². The van der Waals surface area contributed by atoms with Crippen molar-refractivity contribution in [1.29, 1.82) is 0 Å². The number of rotatable bonds is 0. The summed E-state index contributed by atoms with van der Waals surface area (Å²) in [7, 11) is -1.23. The first-order valence-electron chi connectivity index (χ1n) is 5.53. The van der Waals surface area contributed by atoms with E-state index >= 15 is 0 Å². The second-order valence-corrected chi connectivity index (χ2v) is 8.89. The van der Waals surface area contributed by atoms with Crippen molar-refractivity contribution >= 4 is 7.80 Å². The number of hydrogen-bond acceptors (Lipinski definition) is 3. The molecule has 0 N–H and O–H groups in total. The summed E-state index contributed by atoms with van der Waals surface area (Å²) in [5.41, 5.74) is 0. The quantitative estimate of drug-likeness (QED) is 0.601. The van der Waals surface area contributed by atoms with Crippen molar-refractivity contribution in [2.75, 3.05) is 13.2 Å².